The maximum Gasteiger partial charge on any atom is 0.122 e. The predicted octanol–water partition coefficient (Wildman–Crippen LogP) is 1.57. The van der Waals surface area contributed by atoms with Gasteiger partial charge in [-0.05, 0) is 31.2 Å². The Labute approximate surface area is 89.3 Å². The smallest absolute Gasteiger partial charge is 0.122 e. The van der Waals surface area contributed by atoms with E-state index in [2.05, 4.69) is 5.10 Å². The van der Waals surface area contributed by atoms with E-state index in [1.807, 2.05) is 36.2 Å². The minimum atomic E-state index is 0.689. The van der Waals surface area contributed by atoms with E-state index in [9.17, 15) is 0 Å². The van der Waals surface area contributed by atoms with Crippen molar-refractivity contribution in [2.24, 2.45) is 10.8 Å². The average Bonchev–Trinajstić information content (AvgIpc) is 2.67. The zero-order valence-corrected chi connectivity index (χ0v) is 8.81. The van der Waals surface area contributed by atoms with Crippen molar-refractivity contribution in [3.8, 4) is 5.75 Å². The first-order chi connectivity index (χ1) is 7.29. The third kappa shape index (κ3) is 2.21. The number of nitrogens with two attached hydrogens (primary N) is 1. The van der Waals surface area contributed by atoms with Crippen molar-refractivity contribution in [2.45, 2.75) is 13.3 Å². The summed E-state index contributed by atoms with van der Waals surface area (Å²) >= 11 is 0. The summed E-state index contributed by atoms with van der Waals surface area (Å²) in [6.07, 6.45) is 0.840. The lowest BCUT2D eigenvalue weighted by molar-refractivity contribution is 0.340. The zero-order valence-electron chi connectivity index (χ0n) is 8.81. The SMILES string of the molecule is CCOc1ccc(N2CCC(N)=N2)cc1. The van der Waals surface area contributed by atoms with E-state index in [-0.39, 0.29) is 0 Å². The van der Waals surface area contributed by atoms with Crippen LogP contribution in [-0.2, 0) is 0 Å². The largest absolute Gasteiger partial charge is 0.494 e. The van der Waals surface area contributed by atoms with Crippen molar-refractivity contribution in [2.75, 3.05) is 18.2 Å². The molecule has 0 unspecified atom stereocenters. The Bertz CT molecular complexity index is 359. The van der Waals surface area contributed by atoms with Gasteiger partial charge in [0.05, 0.1) is 12.3 Å². The van der Waals surface area contributed by atoms with E-state index < -0.39 is 0 Å². The summed E-state index contributed by atoms with van der Waals surface area (Å²) in [6, 6.07) is 7.88. The molecule has 0 radical (unpaired) electrons. The van der Waals surface area contributed by atoms with Crippen LogP contribution in [0.25, 0.3) is 0 Å². The molecule has 0 bridgehead atoms. The molecule has 0 spiro atoms. The first-order valence-corrected chi connectivity index (χ1v) is 5.13. The predicted molar refractivity (Wildman–Crippen MR) is 61.2 cm³/mol. The fourth-order valence-corrected chi connectivity index (χ4v) is 1.54. The van der Waals surface area contributed by atoms with Crippen LogP contribution in [0.15, 0.2) is 29.4 Å². The van der Waals surface area contributed by atoms with Crippen molar-refractivity contribution in [3.05, 3.63) is 24.3 Å². The number of hydrogen-bond donors (Lipinski definition) is 1. The van der Waals surface area contributed by atoms with Gasteiger partial charge >= 0.3 is 0 Å². The Morgan fingerprint density at radius 1 is 1.40 bits per heavy atom. The summed E-state index contributed by atoms with van der Waals surface area (Å²) in [7, 11) is 0. The van der Waals surface area contributed by atoms with Gasteiger partial charge in [0.1, 0.15) is 11.6 Å². The fraction of sp³-hybridized carbons (Fsp3) is 0.364. The van der Waals surface area contributed by atoms with E-state index >= 15 is 0 Å². The topological polar surface area (TPSA) is 50.9 Å². The third-order valence-electron chi connectivity index (χ3n) is 2.27. The van der Waals surface area contributed by atoms with Crippen molar-refractivity contribution in [1.82, 2.24) is 0 Å². The highest BCUT2D eigenvalue weighted by Crippen LogP contribution is 2.21. The monoisotopic (exact) mass is 205 g/mol. The van der Waals surface area contributed by atoms with E-state index in [0.717, 1.165) is 24.4 Å². The lowest BCUT2D eigenvalue weighted by Crippen LogP contribution is -2.11. The van der Waals surface area contributed by atoms with Crippen LogP contribution >= 0.6 is 0 Å². The second-order valence-electron chi connectivity index (χ2n) is 3.39. The van der Waals surface area contributed by atoms with Crippen LogP contribution in [0.3, 0.4) is 0 Å². The highest BCUT2D eigenvalue weighted by molar-refractivity contribution is 5.84. The van der Waals surface area contributed by atoms with Crippen molar-refractivity contribution in [3.63, 3.8) is 0 Å². The third-order valence-corrected chi connectivity index (χ3v) is 2.27. The van der Waals surface area contributed by atoms with E-state index in [1.54, 1.807) is 0 Å². The van der Waals surface area contributed by atoms with Crippen molar-refractivity contribution in [1.29, 1.82) is 0 Å². The van der Waals surface area contributed by atoms with Crippen LogP contribution in [0.2, 0.25) is 0 Å². The summed E-state index contributed by atoms with van der Waals surface area (Å²) in [6.45, 7) is 3.52. The lowest BCUT2D eigenvalue weighted by Gasteiger charge is -2.13. The second-order valence-corrected chi connectivity index (χ2v) is 3.39. The molecular weight excluding hydrogens is 190 g/mol. The number of nitrogens with zero attached hydrogens (tertiary/aromatic N) is 2. The molecule has 1 aromatic rings. The maximum atomic E-state index is 5.62. The van der Waals surface area contributed by atoms with Crippen LogP contribution in [0.1, 0.15) is 13.3 Å². The number of benzene rings is 1. The maximum absolute atomic E-state index is 5.62. The standard InChI is InChI=1S/C11H15N3O/c1-2-15-10-5-3-9(4-6-10)14-8-7-11(12)13-14/h3-6H,2,7-8H2,1H3,(H2,12,13). The van der Waals surface area contributed by atoms with Gasteiger partial charge in [0.2, 0.25) is 0 Å². The van der Waals surface area contributed by atoms with Crippen LogP contribution in [0.4, 0.5) is 5.69 Å². The molecule has 0 atom stereocenters. The van der Waals surface area contributed by atoms with Crippen molar-refractivity contribution >= 4 is 11.5 Å². The Morgan fingerprint density at radius 3 is 2.67 bits per heavy atom. The molecule has 15 heavy (non-hydrogen) atoms. The fourth-order valence-electron chi connectivity index (χ4n) is 1.54. The number of ether oxygens (including phenoxy) is 1. The number of amidine groups is 1. The lowest BCUT2D eigenvalue weighted by atomic mass is 10.3. The molecule has 2 rings (SSSR count). The van der Waals surface area contributed by atoms with Crippen LogP contribution in [-0.4, -0.2) is 19.0 Å². The molecule has 80 valence electrons. The highest BCUT2D eigenvalue weighted by atomic mass is 16.5. The minimum Gasteiger partial charge on any atom is -0.494 e. The van der Waals surface area contributed by atoms with Gasteiger partial charge < -0.3 is 10.5 Å². The molecular formula is C11H15N3O. The molecule has 0 saturated carbocycles. The molecule has 0 aromatic heterocycles. The second kappa shape index (κ2) is 4.21. The Balaban J connectivity index is 2.10. The molecule has 0 fully saturated rings. The van der Waals surface area contributed by atoms with Gasteiger partial charge in [0.25, 0.3) is 0 Å². The quantitative estimate of drug-likeness (QED) is 0.814. The van der Waals surface area contributed by atoms with Crippen molar-refractivity contribution < 1.29 is 4.74 Å². The normalized spacial score (nSPS) is 15.3. The van der Waals surface area contributed by atoms with E-state index in [1.165, 1.54) is 0 Å². The summed E-state index contributed by atoms with van der Waals surface area (Å²) in [5, 5.41) is 6.13. The van der Waals surface area contributed by atoms with E-state index in [0.29, 0.717) is 12.4 Å². The van der Waals surface area contributed by atoms with Gasteiger partial charge in [-0.25, -0.2) is 0 Å². The summed E-state index contributed by atoms with van der Waals surface area (Å²) in [4.78, 5) is 0. The first kappa shape index (κ1) is 9.83. The van der Waals surface area contributed by atoms with Gasteiger partial charge in [-0.1, -0.05) is 0 Å². The van der Waals surface area contributed by atoms with Gasteiger partial charge in [-0.3, -0.25) is 5.01 Å². The molecule has 4 heteroatoms. The number of rotatable bonds is 3. The molecule has 1 aliphatic rings. The molecule has 1 heterocycles. The molecule has 2 N–H and O–H groups in total. The molecule has 1 aromatic carbocycles. The summed E-state index contributed by atoms with van der Waals surface area (Å²) < 4.78 is 5.37. The highest BCUT2D eigenvalue weighted by Gasteiger charge is 2.12. The Kier molecular flexibility index (Phi) is 2.76. The number of hydrogen-bond acceptors (Lipinski definition) is 4. The minimum absolute atomic E-state index is 0.689. The zero-order chi connectivity index (χ0) is 10.7. The molecule has 1 aliphatic heterocycles. The average molecular weight is 205 g/mol. The first-order valence-electron chi connectivity index (χ1n) is 5.13. The van der Waals surface area contributed by atoms with Gasteiger partial charge in [-0.2, -0.15) is 5.10 Å². The van der Waals surface area contributed by atoms with Gasteiger partial charge in [-0.15, -0.1) is 0 Å². The number of anilines is 1. The summed E-state index contributed by atoms with van der Waals surface area (Å²) in [5.74, 6) is 1.58. The van der Waals surface area contributed by atoms with E-state index in [4.69, 9.17) is 10.5 Å². The molecule has 0 amide bonds. The van der Waals surface area contributed by atoms with Gasteiger partial charge in [0.15, 0.2) is 0 Å². The molecule has 0 saturated heterocycles. The number of hydrazone groups is 1. The van der Waals surface area contributed by atoms with Crippen LogP contribution in [0.5, 0.6) is 5.75 Å². The Hall–Kier alpha value is -1.71. The molecule has 0 aliphatic carbocycles. The Morgan fingerprint density at radius 2 is 2.13 bits per heavy atom. The van der Waals surface area contributed by atoms with Gasteiger partial charge in [0, 0.05) is 13.0 Å². The van der Waals surface area contributed by atoms with Crippen LogP contribution in [0, 0.1) is 0 Å². The molecule has 4 nitrogen and oxygen atoms in total. The summed E-state index contributed by atoms with van der Waals surface area (Å²) in [5.41, 5.74) is 6.68. The van der Waals surface area contributed by atoms with Crippen LogP contribution < -0.4 is 15.5 Å².